The van der Waals surface area contributed by atoms with Gasteiger partial charge in [-0.3, -0.25) is 5.32 Å². The Kier molecular flexibility index (Phi) is 4.09. The molecule has 0 amide bonds. The van der Waals surface area contributed by atoms with Crippen LogP contribution >= 0.6 is 0 Å². The zero-order chi connectivity index (χ0) is 7.98. The van der Waals surface area contributed by atoms with Gasteiger partial charge in [0, 0.05) is 0 Å². The zero-order valence-corrected chi connectivity index (χ0v) is 5.83. The van der Waals surface area contributed by atoms with Gasteiger partial charge in [0.2, 0.25) is 0 Å². The van der Waals surface area contributed by atoms with Gasteiger partial charge in [-0.1, -0.05) is 11.1 Å². The highest BCUT2D eigenvalue weighted by atomic mass is 16.4. The third-order valence-corrected chi connectivity index (χ3v) is 1.07. The highest BCUT2D eigenvalue weighted by Crippen LogP contribution is 1.78. The van der Waals surface area contributed by atoms with Crippen LogP contribution in [-0.2, 0) is 0 Å². The molecule has 0 rings (SSSR count). The fourth-order valence-corrected chi connectivity index (χ4v) is 0.403. The average molecular weight is 141 g/mol. The van der Waals surface area contributed by atoms with Crippen LogP contribution in [0.4, 0.5) is 0 Å². The smallest absolute Gasteiger partial charge is 0.156 e. The molecule has 0 aliphatic carbocycles. The second-order valence-corrected chi connectivity index (χ2v) is 1.83. The van der Waals surface area contributed by atoms with Gasteiger partial charge in [-0.25, -0.2) is 0 Å². The first-order chi connectivity index (χ1) is 4.72. The summed E-state index contributed by atoms with van der Waals surface area (Å²) in [4.78, 5) is 0. The topological polar surface area (TPSA) is 70.6 Å². The SMILES string of the molecule is C#CCNC(C)C(N)=NO. The number of hydrogen-bond donors (Lipinski definition) is 3. The molecule has 0 saturated carbocycles. The van der Waals surface area contributed by atoms with Crippen molar-refractivity contribution in [2.75, 3.05) is 6.54 Å². The molecule has 0 radical (unpaired) electrons. The third kappa shape index (κ3) is 2.95. The minimum atomic E-state index is -0.180. The molecule has 0 spiro atoms. The van der Waals surface area contributed by atoms with Crippen molar-refractivity contribution in [3.05, 3.63) is 0 Å². The molecule has 10 heavy (non-hydrogen) atoms. The van der Waals surface area contributed by atoms with Gasteiger partial charge in [0.05, 0.1) is 12.6 Å². The highest BCUT2D eigenvalue weighted by molar-refractivity contribution is 5.84. The highest BCUT2D eigenvalue weighted by Gasteiger charge is 2.03. The molecule has 0 fully saturated rings. The molecule has 4 N–H and O–H groups in total. The van der Waals surface area contributed by atoms with Crippen LogP contribution in [0.15, 0.2) is 5.16 Å². The number of nitrogens with two attached hydrogens (primary N) is 1. The lowest BCUT2D eigenvalue weighted by molar-refractivity contribution is 0.315. The van der Waals surface area contributed by atoms with Crippen molar-refractivity contribution in [1.82, 2.24) is 5.32 Å². The lowest BCUT2D eigenvalue weighted by Gasteiger charge is -2.07. The summed E-state index contributed by atoms with van der Waals surface area (Å²) < 4.78 is 0. The van der Waals surface area contributed by atoms with Gasteiger partial charge in [0.15, 0.2) is 5.84 Å². The van der Waals surface area contributed by atoms with Crippen LogP contribution in [0.3, 0.4) is 0 Å². The van der Waals surface area contributed by atoms with Crippen molar-refractivity contribution < 1.29 is 5.21 Å². The van der Waals surface area contributed by atoms with Crippen molar-refractivity contribution in [3.8, 4) is 12.3 Å². The second kappa shape index (κ2) is 4.65. The fraction of sp³-hybridized carbons (Fsp3) is 0.500. The Morgan fingerprint density at radius 2 is 2.60 bits per heavy atom. The molecule has 0 aromatic carbocycles. The van der Waals surface area contributed by atoms with E-state index in [1.54, 1.807) is 6.92 Å². The lowest BCUT2D eigenvalue weighted by atomic mass is 10.3. The Bertz CT molecular complexity index is 159. The van der Waals surface area contributed by atoms with E-state index >= 15 is 0 Å². The molecule has 1 unspecified atom stereocenters. The quantitative estimate of drug-likeness (QED) is 0.161. The van der Waals surface area contributed by atoms with Crippen LogP contribution in [0.5, 0.6) is 0 Å². The molecular formula is C6H11N3O. The maximum absolute atomic E-state index is 8.18. The van der Waals surface area contributed by atoms with E-state index in [-0.39, 0.29) is 11.9 Å². The number of nitrogens with one attached hydrogen (secondary N) is 1. The van der Waals surface area contributed by atoms with Gasteiger partial charge in [-0.05, 0) is 6.92 Å². The molecule has 0 aromatic rings. The summed E-state index contributed by atoms with van der Waals surface area (Å²) in [6, 6.07) is -0.180. The summed E-state index contributed by atoms with van der Waals surface area (Å²) in [5.74, 6) is 2.51. The number of amidine groups is 1. The molecule has 4 heteroatoms. The van der Waals surface area contributed by atoms with E-state index in [2.05, 4.69) is 16.4 Å². The maximum Gasteiger partial charge on any atom is 0.156 e. The minimum Gasteiger partial charge on any atom is -0.409 e. The van der Waals surface area contributed by atoms with E-state index < -0.39 is 0 Å². The molecular weight excluding hydrogens is 130 g/mol. The van der Waals surface area contributed by atoms with Gasteiger partial charge in [0.25, 0.3) is 0 Å². The molecule has 0 aliphatic heterocycles. The van der Waals surface area contributed by atoms with Gasteiger partial charge in [-0.2, -0.15) is 0 Å². The maximum atomic E-state index is 8.18. The Labute approximate surface area is 60.1 Å². The van der Waals surface area contributed by atoms with Crippen LogP contribution in [0.2, 0.25) is 0 Å². The molecule has 0 saturated heterocycles. The van der Waals surface area contributed by atoms with E-state index in [0.29, 0.717) is 6.54 Å². The predicted molar refractivity (Wildman–Crippen MR) is 39.7 cm³/mol. The summed E-state index contributed by atoms with van der Waals surface area (Å²) >= 11 is 0. The van der Waals surface area contributed by atoms with Crippen LogP contribution < -0.4 is 11.1 Å². The monoisotopic (exact) mass is 141 g/mol. The minimum absolute atomic E-state index is 0.134. The summed E-state index contributed by atoms with van der Waals surface area (Å²) in [6.45, 7) is 2.17. The lowest BCUT2D eigenvalue weighted by Crippen LogP contribution is -2.39. The molecule has 4 nitrogen and oxygen atoms in total. The van der Waals surface area contributed by atoms with Gasteiger partial charge >= 0.3 is 0 Å². The van der Waals surface area contributed by atoms with Crippen LogP contribution in [0.25, 0.3) is 0 Å². The summed E-state index contributed by atoms with van der Waals surface area (Å²) in [6.07, 6.45) is 4.96. The molecule has 0 aliphatic rings. The van der Waals surface area contributed by atoms with E-state index in [9.17, 15) is 0 Å². The summed E-state index contributed by atoms with van der Waals surface area (Å²) in [5.41, 5.74) is 5.23. The third-order valence-electron chi connectivity index (χ3n) is 1.07. The average Bonchev–Trinajstić information content (AvgIpc) is 1.98. The van der Waals surface area contributed by atoms with Crippen LogP contribution in [0, 0.1) is 12.3 Å². The first-order valence-electron chi connectivity index (χ1n) is 2.86. The number of hydrogen-bond acceptors (Lipinski definition) is 3. The Morgan fingerprint density at radius 3 is 3.00 bits per heavy atom. The number of oxime groups is 1. The molecule has 0 heterocycles. The normalized spacial score (nSPS) is 14.2. The molecule has 0 bridgehead atoms. The molecule has 56 valence electrons. The number of terminal acetylenes is 1. The van der Waals surface area contributed by atoms with Gasteiger partial charge in [-0.15, -0.1) is 6.42 Å². The van der Waals surface area contributed by atoms with Crippen molar-refractivity contribution in [3.63, 3.8) is 0 Å². The standard InChI is InChI=1S/C6H11N3O/c1-3-4-8-5(2)6(7)9-10/h1,5,8,10H,4H2,2H3,(H2,7,9). The fourth-order valence-electron chi connectivity index (χ4n) is 0.403. The van der Waals surface area contributed by atoms with E-state index in [4.69, 9.17) is 17.4 Å². The predicted octanol–water partition coefficient (Wildman–Crippen LogP) is -0.656. The number of nitrogens with zero attached hydrogens (tertiary/aromatic N) is 1. The van der Waals surface area contributed by atoms with Crippen molar-refractivity contribution in [2.45, 2.75) is 13.0 Å². The summed E-state index contributed by atoms with van der Waals surface area (Å²) in [7, 11) is 0. The summed E-state index contributed by atoms with van der Waals surface area (Å²) in [5, 5.41) is 13.8. The first kappa shape index (κ1) is 8.79. The van der Waals surface area contributed by atoms with E-state index in [0.717, 1.165) is 0 Å². The zero-order valence-electron chi connectivity index (χ0n) is 5.83. The molecule has 1 atom stereocenters. The van der Waals surface area contributed by atoms with Gasteiger partial charge < -0.3 is 10.9 Å². The molecule has 0 aromatic heterocycles. The Hall–Kier alpha value is -1.21. The Morgan fingerprint density at radius 1 is 2.00 bits per heavy atom. The van der Waals surface area contributed by atoms with Crippen molar-refractivity contribution in [1.29, 1.82) is 0 Å². The van der Waals surface area contributed by atoms with E-state index in [1.807, 2.05) is 0 Å². The van der Waals surface area contributed by atoms with Gasteiger partial charge in [0.1, 0.15) is 0 Å². The van der Waals surface area contributed by atoms with E-state index in [1.165, 1.54) is 0 Å². The van der Waals surface area contributed by atoms with Crippen LogP contribution in [0.1, 0.15) is 6.92 Å². The first-order valence-corrected chi connectivity index (χ1v) is 2.86. The largest absolute Gasteiger partial charge is 0.409 e. The number of rotatable bonds is 3. The second-order valence-electron chi connectivity index (χ2n) is 1.83. The Balaban J connectivity index is 3.64. The van der Waals surface area contributed by atoms with Crippen molar-refractivity contribution >= 4 is 5.84 Å². The van der Waals surface area contributed by atoms with Crippen molar-refractivity contribution in [2.24, 2.45) is 10.9 Å². The van der Waals surface area contributed by atoms with Crippen LogP contribution in [-0.4, -0.2) is 23.6 Å².